The molecule has 0 aliphatic heterocycles. The van der Waals surface area contributed by atoms with E-state index in [0.29, 0.717) is 18.1 Å². The van der Waals surface area contributed by atoms with Gasteiger partial charge in [-0.2, -0.15) is 10.2 Å². The molecule has 1 N–H and O–H groups in total. The Bertz CT molecular complexity index is 1460. The minimum Gasteiger partial charge on any atom is -0.471 e. The molecule has 0 spiro atoms. The van der Waals surface area contributed by atoms with Gasteiger partial charge in [-0.05, 0) is 53.4 Å². The van der Waals surface area contributed by atoms with Crippen LogP contribution in [0.15, 0.2) is 85.2 Å². The molecule has 5 rings (SSSR count). The number of aromatic nitrogens is 4. The summed E-state index contributed by atoms with van der Waals surface area (Å²) in [6.45, 7) is 4.85. The number of amides is 1. The van der Waals surface area contributed by atoms with E-state index in [4.69, 9.17) is 4.74 Å². The van der Waals surface area contributed by atoms with Crippen LogP contribution in [0.2, 0.25) is 0 Å². The number of nitrogens with one attached hydrogen (secondary N) is 1. The summed E-state index contributed by atoms with van der Waals surface area (Å²) in [5.74, 6) is 0.963. The zero-order chi connectivity index (χ0) is 23.5. The number of carbonyl (C=O) groups excluding carboxylic acids is 1. The molecule has 170 valence electrons. The van der Waals surface area contributed by atoms with E-state index < -0.39 is 0 Å². The minimum absolute atomic E-state index is 0.219. The zero-order valence-electron chi connectivity index (χ0n) is 19.1. The molecular weight excluding hydrogens is 426 g/mol. The zero-order valence-corrected chi connectivity index (χ0v) is 19.1. The normalized spacial score (nSPS) is 11.0. The molecule has 5 aromatic rings. The maximum absolute atomic E-state index is 12.7. The quantitative estimate of drug-likeness (QED) is 0.370. The minimum atomic E-state index is -0.319. The molecule has 0 atom stereocenters. The lowest BCUT2D eigenvalue weighted by Gasteiger charge is -2.09. The first-order chi connectivity index (χ1) is 16.5. The van der Waals surface area contributed by atoms with Crippen LogP contribution in [0, 0.1) is 13.8 Å². The Morgan fingerprint density at radius 1 is 0.912 bits per heavy atom. The number of ether oxygens (including phenoxy) is 1. The Balaban J connectivity index is 1.22. The van der Waals surface area contributed by atoms with Gasteiger partial charge in [0.1, 0.15) is 5.75 Å². The van der Waals surface area contributed by atoms with E-state index in [1.54, 1.807) is 23.0 Å². The molecule has 2 aromatic heterocycles. The molecule has 0 bridgehead atoms. The Labute approximate surface area is 197 Å². The van der Waals surface area contributed by atoms with Crippen molar-refractivity contribution in [1.29, 1.82) is 0 Å². The van der Waals surface area contributed by atoms with Crippen molar-refractivity contribution in [3.8, 4) is 5.75 Å². The topological polar surface area (TPSA) is 74.0 Å². The molecule has 1 amide bonds. The van der Waals surface area contributed by atoms with Gasteiger partial charge in [0.05, 0.1) is 6.54 Å². The number of rotatable bonds is 7. The molecule has 0 unspecified atom stereocenters. The van der Waals surface area contributed by atoms with Gasteiger partial charge in [-0.15, -0.1) is 0 Å². The fraction of sp³-hybridized carbons (Fsp3) is 0.148. The smallest absolute Gasteiger partial charge is 0.277 e. The standard InChI is InChI=1S/C27H25N5O2/c1-19-10-11-20(2)25(16-19)34-18-32-14-12-24(29-32)27(33)28-26-13-15-31(30-26)17-22-8-5-7-21-6-3-4-9-23(21)22/h3-16H,17-18H2,1-2H3,(H,28,30,33). The molecular formula is C27H25N5O2. The van der Waals surface area contributed by atoms with Gasteiger partial charge >= 0.3 is 0 Å². The van der Waals surface area contributed by atoms with E-state index in [2.05, 4.69) is 39.8 Å². The van der Waals surface area contributed by atoms with Gasteiger partial charge in [-0.25, -0.2) is 4.68 Å². The molecule has 0 fully saturated rings. The van der Waals surface area contributed by atoms with E-state index in [0.717, 1.165) is 16.9 Å². The highest BCUT2D eigenvalue weighted by molar-refractivity contribution is 6.02. The van der Waals surface area contributed by atoms with Gasteiger partial charge in [0.15, 0.2) is 18.2 Å². The maximum Gasteiger partial charge on any atom is 0.277 e. The first-order valence-corrected chi connectivity index (χ1v) is 11.1. The van der Waals surface area contributed by atoms with E-state index in [1.165, 1.54) is 16.3 Å². The number of benzene rings is 3. The van der Waals surface area contributed by atoms with Crippen LogP contribution in [0.3, 0.4) is 0 Å². The van der Waals surface area contributed by atoms with Gasteiger partial charge < -0.3 is 10.1 Å². The highest BCUT2D eigenvalue weighted by Gasteiger charge is 2.12. The van der Waals surface area contributed by atoms with Crippen LogP contribution in [-0.2, 0) is 13.3 Å². The van der Waals surface area contributed by atoms with E-state index in [-0.39, 0.29) is 12.6 Å². The average Bonchev–Trinajstić information content (AvgIpc) is 3.49. The van der Waals surface area contributed by atoms with E-state index in [9.17, 15) is 4.79 Å². The Morgan fingerprint density at radius 2 is 1.74 bits per heavy atom. The fourth-order valence-corrected chi connectivity index (χ4v) is 3.85. The molecule has 2 heterocycles. The summed E-state index contributed by atoms with van der Waals surface area (Å²) in [7, 11) is 0. The highest BCUT2D eigenvalue weighted by atomic mass is 16.5. The third-order valence-corrected chi connectivity index (χ3v) is 5.66. The molecule has 7 heteroatoms. The van der Waals surface area contributed by atoms with Gasteiger partial charge in [0.2, 0.25) is 0 Å². The number of hydrogen-bond donors (Lipinski definition) is 1. The molecule has 3 aromatic carbocycles. The van der Waals surface area contributed by atoms with Crippen LogP contribution in [0.4, 0.5) is 5.82 Å². The lowest BCUT2D eigenvalue weighted by atomic mass is 10.0. The van der Waals surface area contributed by atoms with Crippen molar-refractivity contribution in [3.05, 3.63) is 108 Å². The second-order valence-electron chi connectivity index (χ2n) is 8.27. The summed E-state index contributed by atoms with van der Waals surface area (Å²) < 4.78 is 9.27. The number of aryl methyl sites for hydroxylation is 2. The van der Waals surface area contributed by atoms with Crippen molar-refractivity contribution in [3.63, 3.8) is 0 Å². The number of nitrogens with zero attached hydrogens (tertiary/aromatic N) is 4. The Kier molecular flexibility index (Phi) is 5.82. The molecule has 0 saturated heterocycles. The second kappa shape index (κ2) is 9.23. The van der Waals surface area contributed by atoms with Crippen LogP contribution in [0.25, 0.3) is 10.8 Å². The van der Waals surface area contributed by atoms with Crippen molar-refractivity contribution in [2.75, 3.05) is 5.32 Å². The van der Waals surface area contributed by atoms with E-state index >= 15 is 0 Å². The summed E-state index contributed by atoms with van der Waals surface area (Å²) in [4.78, 5) is 12.7. The summed E-state index contributed by atoms with van der Waals surface area (Å²) in [5, 5.41) is 14.0. The maximum atomic E-state index is 12.7. The molecule has 0 radical (unpaired) electrons. The summed E-state index contributed by atoms with van der Waals surface area (Å²) >= 11 is 0. The first kappa shape index (κ1) is 21.5. The van der Waals surface area contributed by atoms with Crippen LogP contribution in [0.5, 0.6) is 5.75 Å². The van der Waals surface area contributed by atoms with Gasteiger partial charge in [0.25, 0.3) is 5.91 Å². The SMILES string of the molecule is Cc1ccc(C)c(OCn2ccc(C(=O)Nc3ccn(Cc4cccc5ccccc45)n3)n2)c1. The number of fused-ring (bicyclic) bond motifs is 1. The fourth-order valence-electron chi connectivity index (χ4n) is 3.85. The third-order valence-electron chi connectivity index (χ3n) is 5.66. The summed E-state index contributed by atoms with van der Waals surface area (Å²) in [5.41, 5.74) is 3.64. The van der Waals surface area contributed by atoms with Gasteiger partial charge in [0, 0.05) is 18.5 Å². The number of hydrogen-bond acceptors (Lipinski definition) is 4. The lowest BCUT2D eigenvalue weighted by Crippen LogP contribution is -2.15. The third kappa shape index (κ3) is 4.68. The molecule has 0 aliphatic rings. The van der Waals surface area contributed by atoms with Crippen molar-refractivity contribution < 1.29 is 9.53 Å². The lowest BCUT2D eigenvalue weighted by molar-refractivity contribution is 0.101. The van der Waals surface area contributed by atoms with Crippen molar-refractivity contribution in [2.24, 2.45) is 0 Å². The predicted octanol–water partition coefficient (Wildman–Crippen LogP) is 5.19. The van der Waals surface area contributed by atoms with Gasteiger partial charge in [-0.3, -0.25) is 9.48 Å². The number of carbonyl (C=O) groups is 1. The van der Waals surface area contributed by atoms with Gasteiger partial charge in [-0.1, -0.05) is 54.6 Å². The molecule has 34 heavy (non-hydrogen) atoms. The van der Waals surface area contributed by atoms with Crippen LogP contribution < -0.4 is 10.1 Å². The monoisotopic (exact) mass is 451 g/mol. The summed E-state index contributed by atoms with van der Waals surface area (Å²) in [6.07, 6.45) is 3.58. The molecule has 0 aliphatic carbocycles. The van der Waals surface area contributed by atoms with Crippen molar-refractivity contribution >= 4 is 22.5 Å². The van der Waals surface area contributed by atoms with Crippen molar-refractivity contribution in [2.45, 2.75) is 27.1 Å². The highest BCUT2D eigenvalue weighted by Crippen LogP contribution is 2.20. The largest absolute Gasteiger partial charge is 0.471 e. The molecule has 0 saturated carbocycles. The Hall–Kier alpha value is -4.39. The van der Waals surface area contributed by atoms with Crippen LogP contribution >= 0.6 is 0 Å². The predicted molar refractivity (Wildman–Crippen MR) is 132 cm³/mol. The van der Waals surface area contributed by atoms with Crippen molar-refractivity contribution in [1.82, 2.24) is 19.6 Å². The number of anilines is 1. The second-order valence-corrected chi connectivity index (χ2v) is 8.27. The molecule has 7 nitrogen and oxygen atoms in total. The van der Waals surface area contributed by atoms with Crippen LogP contribution in [0.1, 0.15) is 27.2 Å². The van der Waals surface area contributed by atoms with Crippen LogP contribution in [-0.4, -0.2) is 25.5 Å². The first-order valence-electron chi connectivity index (χ1n) is 11.1. The van der Waals surface area contributed by atoms with E-state index in [1.807, 2.05) is 61.1 Å². The average molecular weight is 452 g/mol. The summed E-state index contributed by atoms with van der Waals surface area (Å²) in [6, 6.07) is 24.0. The Morgan fingerprint density at radius 3 is 2.65 bits per heavy atom.